The molecule has 2 fully saturated rings. The minimum Gasteiger partial charge on any atom is -0.493 e. The molecule has 1 aromatic rings. The first-order valence-corrected chi connectivity index (χ1v) is 10.8. The van der Waals surface area contributed by atoms with Crippen molar-refractivity contribution in [3.63, 3.8) is 0 Å². The lowest BCUT2D eigenvalue weighted by molar-refractivity contribution is -0.138. The Hall–Kier alpha value is -2.74. The van der Waals surface area contributed by atoms with E-state index in [4.69, 9.17) is 14.2 Å². The Balaban J connectivity index is 1.54. The molecule has 0 aliphatic carbocycles. The molecule has 0 saturated carbocycles. The van der Waals surface area contributed by atoms with Gasteiger partial charge >= 0.3 is 0 Å². The smallest absolute Gasteiger partial charge is 0.246 e. The number of piperidine rings is 1. The number of amides is 2. The number of likely N-dealkylation sites (tertiary alicyclic amines) is 1. The second kappa shape index (κ2) is 11.0. The molecule has 2 aliphatic rings. The van der Waals surface area contributed by atoms with E-state index >= 15 is 0 Å². The molecule has 0 N–H and O–H groups in total. The van der Waals surface area contributed by atoms with Crippen LogP contribution in [0.1, 0.15) is 24.8 Å². The van der Waals surface area contributed by atoms with E-state index in [1.54, 1.807) is 50.5 Å². The first kappa shape index (κ1) is 22.9. The summed E-state index contributed by atoms with van der Waals surface area (Å²) in [5, 5.41) is 0. The highest BCUT2D eigenvalue weighted by molar-refractivity contribution is 5.92. The van der Waals surface area contributed by atoms with E-state index < -0.39 is 0 Å². The summed E-state index contributed by atoms with van der Waals surface area (Å²) >= 11 is 0. The van der Waals surface area contributed by atoms with Gasteiger partial charge in [0.1, 0.15) is 0 Å². The van der Waals surface area contributed by atoms with Crippen molar-refractivity contribution in [3.05, 3.63) is 23.8 Å². The largest absolute Gasteiger partial charge is 0.493 e. The SMILES string of the molecule is COc1cc(/C=C/C(=O)N2CCN(C(=O)CN3CCCCC3)CC2)cc(OC)c1OC. The normalized spacial score (nSPS) is 17.6. The average Bonchev–Trinajstić information content (AvgIpc) is 2.82. The fraction of sp³-hybridized carbons (Fsp3) is 0.565. The zero-order chi connectivity index (χ0) is 22.2. The van der Waals surface area contributed by atoms with Crippen molar-refractivity contribution in [2.24, 2.45) is 0 Å². The Kier molecular flexibility index (Phi) is 8.17. The van der Waals surface area contributed by atoms with Crippen LogP contribution in [0.15, 0.2) is 18.2 Å². The number of benzene rings is 1. The highest BCUT2D eigenvalue weighted by Gasteiger charge is 2.24. The fourth-order valence-electron chi connectivity index (χ4n) is 4.06. The quantitative estimate of drug-likeness (QED) is 0.614. The maximum atomic E-state index is 12.6. The van der Waals surface area contributed by atoms with E-state index in [0.717, 1.165) is 18.7 Å². The Labute approximate surface area is 184 Å². The van der Waals surface area contributed by atoms with Gasteiger partial charge in [0.05, 0.1) is 27.9 Å². The maximum Gasteiger partial charge on any atom is 0.246 e. The van der Waals surface area contributed by atoms with Gasteiger partial charge in [-0.25, -0.2) is 0 Å². The van der Waals surface area contributed by atoms with Crippen LogP contribution in [-0.4, -0.2) is 93.7 Å². The second-order valence-corrected chi connectivity index (χ2v) is 7.83. The van der Waals surface area contributed by atoms with Crippen LogP contribution < -0.4 is 14.2 Å². The zero-order valence-corrected chi connectivity index (χ0v) is 18.8. The summed E-state index contributed by atoms with van der Waals surface area (Å²) < 4.78 is 16.0. The minimum atomic E-state index is -0.0723. The van der Waals surface area contributed by atoms with Gasteiger partial charge in [0.15, 0.2) is 11.5 Å². The number of hydrogen-bond acceptors (Lipinski definition) is 6. The van der Waals surface area contributed by atoms with Crippen molar-refractivity contribution in [1.29, 1.82) is 0 Å². The van der Waals surface area contributed by atoms with Crippen molar-refractivity contribution in [1.82, 2.24) is 14.7 Å². The van der Waals surface area contributed by atoms with E-state index in [2.05, 4.69) is 4.90 Å². The minimum absolute atomic E-state index is 0.0723. The van der Waals surface area contributed by atoms with E-state index in [1.165, 1.54) is 19.3 Å². The van der Waals surface area contributed by atoms with Gasteiger partial charge in [-0.15, -0.1) is 0 Å². The van der Waals surface area contributed by atoms with Gasteiger partial charge in [0.2, 0.25) is 17.6 Å². The summed E-state index contributed by atoms with van der Waals surface area (Å²) in [4.78, 5) is 31.1. The lowest BCUT2D eigenvalue weighted by Crippen LogP contribution is -2.52. The number of carbonyl (C=O) groups excluding carboxylic acids is 2. The van der Waals surface area contributed by atoms with Crippen molar-refractivity contribution < 1.29 is 23.8 Å². The molecule has 0 unspecified atom stereocenters. The fourth-order valence-corrected chi connectivity index (χ4v) is 4.06. The van der Waals surface area contributed by atoms with Gasteiger partial charge in [-0.05, 0) is 49.7 Å². The van der Waals surface area contributed by atoms with Gasteiger partial charge in [-0.2, -0.15) is 0 Å². The van der Waals surface area contributed by atoms with Crippen LogP contribution in [0, 0.1) is 0 Å². The number of rotatable bonds is 7. The van der Waals surface area contributed by atoms with Crippen LogP contribution in [0.3, 0.4) is 0 Å². The van der Waals surface area contributed by atoms with Gasteiger partial charge in [0.25, 0.3) is 0 Å². The topological polar surface area (TPSA) is 71.6 Å². The van der Waals surface area contributed by atoms with E-state index in [9.17, 15) is 9.59 Å². The molecule has 0 radical (unpaired) electrons. The van der Waals surface area contributed by atoms with Crippen LogP contribution in [0.2, 0.25) is 0 Å². The van der Waals surface area contributed by atoms with E-state index in [0.29, 0.717) is 50.0 Å². The number of methoxy groups -OCH3 is 3. The van der Waals surface area contributed by atoms with Crippen molar-refractivity contribution in [3.8, 4) is 17.2 Å². The van der Waals surface area contributed by atoms with Crippen molar-refractivity contribution in [2.45, 2.75) is 19.3 Å². The standard InChI is InChI=1S/C23H33N3O5/c1-29-19-15-18(16-20(30-2)23(19)31-3)7-8-21(27)25-11-13-26(14-12-25)22(28)17-24-9-5-4-6-10-24/h7-8,15-16H,4-6,9-14,17H2,1-3H3/b8-7+. The highest BCUT2D eigenvalue weighted by Crippen LogP contribution is 2.38. The monoisotopic (exact) mass is 431 g/mol. The molecule has 8 heteroatoms. The van der Waals surface area contributed by atoms with Gasteiger partial charge in [-0.1, -0.05) is 6.42 Å². The Morgan fingerprint density at radius 1 is 0.839 bits per heavy atom. The molecule has 2 heterocycles. The van der Waals surface area contributed by atoms with Crippen LogP contribution >= 0.6 is 0 Å². The highest BCUT2D eigenvalue weighted by atomic mass is 16.5. The van der Waals surface area contributed by atoms with E-state index in [-0.39, 0.29) is 11.8 Å². The summed E-state index contributed by atoms with van der Waals surface area (Å²) in [5.41, 5.74) is 0.776. The predicted molar refractivity (Wildman–Crippen MR) is 119 cm³/mol. The summed E-state index contributed by atoms with van der Waals surface area (Å²) in [6.07, 6.45) is 6.89. The Bertz CT molecular complexity index is 771. The second-order valence-electron chi connectivity index (χ2n) is 7.83. The van der Waals surface area contributed by atoms with Gasteiger partial charge in [-0.3, -0.25) is 14.5 Å². The molecule has 3 rings (SSSR count). The van der Waals surface area contributed by atoms with Crippen LogP contribution in [-0.2, 0) is 9.59 Å². The summed E-state index contributed by atoms with van der Waals surface area (Å²) in [7, 11) is 4.67. The molecular formula is C23H33N3O5. The first-order valence-electron chi connectivity index (χ1n) is 10.8. The van der Waals surface area contributed by atoms with Crippen molar-refractivity contribution in [2.75, 3.05) is 67.1 Å². The molecular weight excluding hydrogens is 398 g/mol. The number of nitrogens with zero attached hydrogens (tertiary/aromatic N) is 3. The van der Waals surface area contributed by atoms with Gasteiger partial charge < -0.3 is 24.0 Å². The third-order valence-corrected chi connectivity index (χ3v) is 5.86. The van der Waals surface area contributed by atoms with Crippen molar-refractivity contribution >= 4 is 17.9 Å². The lowest BCUT2D eigenvalue weighted by atomic mass is 10.1. The zero-order valence-electron chi connectivity index (χ0n) is 18.8. The number of ether oxygens (including phenoxy) is 3. The van der Waals surface area contributed by atoms with Crippen LogP contribution in [0.25, 0.3) is 6.08 Å². The van der Waals surface area contributed by atoms with Crippen LogP contribution in [0.5, 0.6) is 17.2 Å². The Morgan fingerprint density at radius 3 is 1.97 bits per heavy atom. The molecule has 8 nitrogen and oxygen atoms in total. The molecule has 0 spiro atoms. The van der Waals surface area contributed by atoms with E-state index in [1.807, 2.05) is 4.90 Å². The molecule has 2 amide bonds. The third kappa shape index (κ3) is 5.91. The average molecular weight is 432 g/mol. The first-order chi connectivity index (χ1) is 15.0. The number of hydrogen-bond donors (Lipinski definition) is 0. The Morgan fingerprint density at radius 2 is 1.42 bits per heavy atom. The number of piperazine rings is 1. The molecule has 0 aromatic heterocycles. The molecule has 2 saturated heterocycles. The predicted octanol–water partition coefficient (Wildman–Crippen LogP) is 1.88. The van der Waals surface area contributed by atoms with Crippen LogP contribution in [0.4, 0.5) is 0 Å². The number of carbonyl (C=O) groups is 2. The van der Waals surface area contributed by atoms with Gasteiger partial charge in [0, 0.05) is 32.3 Å². The molecule has 1 aromatic carbocycles. The molecule has 170 valence electrons. The molecule has 31 heavy (non-hydrogen) atoms. The summed E-state index contributed by atoms with van der Waals surface area (Å²) in [6, 6.07) is 3.59. The molecule has 2 aliphatic heterocycles. The molecule has 0 bridgehead atoms. The third-order valence-electron chi connectivity index (χ3n) is 5.86. The summed E-state index contributed by atoms with van der Waals surface area (Å²) in [6.45, 7) is 4.77. The molecule has 0 atom stereocenters. The maximum absolute atomic E-state index is 12.6. The lowest BCUT2D eigenvalue weighted by Gasteiger charge is -2.36. The summed E-state index contributed by atoms with van der Waals surface area (Å²) in [5.74, 6) is 1.68.